The smallest absolute Gasteiger partial charge is 0.326 e. The molecule has 0 saturated carbocycles. The zero-order valence-electron chi connectivity index (χ0n) is 22.8. The van der Waals surface area contributed by atoms with Crippen LogP contribution in [0.1, 0.15) is 48.0 Å². The number of nitrogens with zero attached hydrogens (tertiary/aromatic N) is 1. The molecule has 1 saturated heterocycles. The van der Waals surface area contributed by atoms with Crippen LogP contribution in [0.25, 0.3) is 10.9 Å². The van der Waals surface area contributed by atoms with Crippen LogP contribution in [-0.2, 0) is 20.8 Å². The summed E-state index contributed by atoms with van der Waals surface area (Å²) in [6.07, 6.45) is 4.16. The van der Waals surface area contributed by atoms with E-state index in [1.807, 2.05) is 24.3 Å². The van der Waals surface area contributed by atoms with Gasteiger partial charge in [-0.15, -0.1) is 0 Å². The summed E-state index contributed by atoms with van der Waals surface area (Å²) >= 11 is 0. The fraction of sp³-hybridized carbons (Fsp3) is 0.400. The van der Waals surface area contributed by atoms with Gasteiger partial charge >= 0.3 is 5.97 Å². The van der Waals surface area contributed by atoms with Gasteiger partial charge in [-0.25, -0.2) is 9.18 Å². The zero-order valence-corrected chi connectivity index (χ0v) is 22.8. The summed E-state index contributed by atoms with van der Waals surface area (Å²) in [5.41, 5.74) is 7.61. The van der Waals surface area contributed by atoms with Crippen LogP contribution in [0.4, 0.5) is 4.39 Å². The third kappa shape index (κ3) is 7.69. The van der Waals surface area contributed by atoms with Gasteiger partial charge in [-0.05, 0) is 74.5 Å². The molecule has 1 aromatic heterocycles. The number of carboxylic acid groups (broad SMARTS) is 1. The highest BCUT2D eigenvalue weighted by molar-refractivity contribution is 5.95. The van der Waals surface area contributed by atoms with Gasteiger partial charge in [0.25, 0.3) is 5.91 Å². The van der Waals surface area contributed by atoms with Crippen LogP contribution >= 0.6 is 0 Å². The highest BCUT2D eigenvalue weighted by Gasteiger charge is 2.32. The summed E-state index contributed by atoms with van der Waals surface area (Å²) in [5, 5.41) is 16.0. The summed E-state index contributed by atoms with van der Waals surface area (Å²) in [6, 6.07) is 10.8. The minimum absolute atomic E-state index is 0.165. The second kappa shape index (κ2) is 13.9. The van der Waals surface area contributed by atoms with Gasteiger partial charge in [0.2, 0.25) is 11.8 Å². The van der Waals surface area contributed by atoms with Crippen molar-refractivity contribution in [1.29, 1.82) is 0 Å². The van der Waals surface area contributed by atoms with E-state index in [0.717, 1.165) is 16.5 Å². The number of hydrogen-bond donors (Lipinski definition) is 5. The van der Waals surface area contributed by atoms with E-state index in [1.54, 1.807) is 11.1 Å². The van der Waals surface area contributed by atoms with Gasteiger partial charge in [0, 0.05) is 48.1 Å². The number of carboxylic acids is 1. The Labute approximate surface area is 237 Å². The summed E-state index contributed by atoms with van der Waals surface area (Å²) in [5.74, 6) is -3.12. The fourth-order valence-corrected chi connectivity index (χ4v) is 5.16. The molecule has 0 radical (unpaired) electrons. The number of aliphatic carboxylic acids is 1. The number of rotatable bonds is 12. The van der Waals surface area contributed by atoms with Gasteiger partial charge in [-0.1, -0.05) is 18.2 Å². The molecule has 11 heteroatoms. The number of halogens is 1. The Balaban J connectivity index is 1.43. The fourth-order valence-electron chi connectivity index (χ4n) is 5.16. The Morgan fingerprint density at radius 2 is 1.71 bits per heavy atom. The summed E-state index contributed by atoms with van der Waals surface area (Å²) in [7, 11) is 0. The van der Waals surface area contributed by atoms with E-state index in [-0.39, 0.29) is 24.7 Å². The van der Waals surface area contributed by atoms with E-state index in [4.69, 9.17) is 5.73 Å². The van der Waals surface area contributed by atoms with Gasteiger partial charge in [-0.2, -0.15) is 0 Å². The average Bonchev–Trinajstić information content (AvgIpc) is 3.39. The van der Waals surface area contributed by atoms with Crippen LogP contribution in [0.2, 0.25) is 0 Å². The number of likely N-dealkylation sites (tertiary alicyclic amines) is 1. The first kappa shape index (κ1) is 29.7. The number of H-pyrrole nitrogens is 1. The number of fused-ring (bicyclic) bond motifs is 1. The van der Waals surface area contributed by atoms with Crippen LogP contribution < -0.4 is 16.4 Å². The Hall–Kier alpha value is -4.25. The SMILES string of the molecule is NCCCCC(NC(=O)C(Cc1c[nH]c2ccccc12)NC(=O)C1CCN(C(=O)c2ccc(F)cc2)CC1)C(=O)O. The van der Waals surface area contributed by atoms with Crippen molar-refractivity contribution >= 4 is 34.6 Å². The number of nitrogens with one attached hydrogen (secondary N) is 3. The molecule has 10 nitrogen and oxygen atoms in total. The molecular formula is C30H36FN5O5. The normalized spacial score (nSPS) is 15.3. The molecule has 2 atom stereocenters. The maximum atomic E-state index is 13.4. The first-order valence-corrected chi connectivity index (χ1v) is 13.9. The van der Waals surface area contributed by atoms with E-state index in [1.165, 1.54) is 24.3 Å². The molecule has 1 aliphatic rings. The van der Waals surface area contributed by atoms with Crippen LogP contribution in [0.3, 0.4) is 0 Å². The monoisotopic (exact) mass is 565 g/mol. The number of amides is 3. The molecule has 2 aromatic carbocycles. The first-order chi connectivity index (χ1) is 19.8. The van der Waals surface area contributed by atoms with Gasteiger partial charge in [0.15, 0.2) is 0 Å². The average molecular weight is 566 g/mol. The molecule has 3 amide bonds. The first-order valence-electron chi connectivity index (χ1n) is 13.9. The molecule has 218 valence electrons. The molecule has 4 rings (SSSR count). The second-order valence-corrected chi connectivity index (χ2v) is 10.4. The maximum absolute atomic E-state index is 13.4. The molecule has 2 heterocycles. The van der Waals surface area contributed by atoms with Crippen molar-refractivity contribution < 1.29 is 28.7 Å². The van der Waals surface area contributed by atoms with Crippen molar-refractivity contribution in [3.63, 3.8) is 0 Å². The molecule has 0 aliphatic carbocycles. The minimum Gasteiger partial charge on any atom is -0.480 e. The predicted octanol–water partition coefficient (Wildman–Crippen LogP) is 2.59. The second-order valence-electron chi connectivity index (χ2n) is 10.4. The lowest BCUT2D eigenvalue weighted by molar-refractivity contribution is -0.142. The Bertz CT molecular complexity index is 1370. The third-order valence-corrected chi connectivity index (χ3v) is 7.54. The maximum Gasteiger partial charge on any atom is 0.326 e. The minimum atomic E-state index is -1.15. The number of aromatic nitrogens is 1. The molecule has 1 fully saturated rings. The quantitative estimate of drug-likeness (QED) is 0.213. The number of benzene rings is 2. The summed E-state index contributed by atoms with van der Waals surface area (Å²) in [4.78, 5) is 56.1. The summed E-state index contributed by atoms with van der Waals surface area (Å²) in [6.45, 7) is 1.11. The topological polar surface area (TPSA) is 158 Å². The number of nitrogens with two attached hydrogens (primary N) is 1. The molecule has 6 N–H and O–H groups in total. The van der Waals surface area contributed by atoms with Gasteiger partial charge in [0.1, 0.15) is 17.9 Å². The van der Waals surface area contributed by atoms with Crippen LogP contribution in [0, 0.1) is 11.7 Å². The van der Waals surface area contributed by atoms with Crippen molar-refractivity contribution in [3.05, 3.63) is 71.7 Å². The highest BCUT2D eigenvalue weighted by atomic mass is 19.1. The van der Waals surface area contributed by atoms with E-state index in [9.17, 15) is 28.7 Å². The number of hydrogen-bond acceptors (Lipinski definition) is 5. The number of para-hydroxylation sites is 1. The number of aromatic amines is 1. The van der Waals surface area contributed by atoms with Crippen molar-refractivity contribution in [3.8, 4) is 0 Å². The lowest BCUT2D eigenvalue weighted by Crippen LogP contribution is -2.54. The Morgan fingerprint density at radius 3 is 2.39 bits per heavy atom. The van der Waals surface area contributed by atoms with Crippen molar-refractivity contribution in [2.45, 2.75) is 50.6 Å². The van der Waals surface area contributed by atoms with E-state index in [0.29, 0.717) is 50.9 Å². The van der Waals surface area contributed by atoms with Crippen LogP contribution in [0.15, 0.2) is 54.7 Å². The van der Waals surface area contributed by atoms with Crippen LogP contribution in [-0.4, -0.2) is 70.4 Å². The number of piperidine rings is 1. The van der Waals surface area contributed by atoms with E-state index in [2.05, 4.69) is 15.6 Å². The Kier molecular flexibility index (Phi) is 10.1. The molecule has 3 aromatic rings. The van der Waals surface area contributed by atoms with Crippen LogP contribution in [0.5, 0.6) is 0 Å². The van der Waals surface area contributed by atoms with Crippen molar-refractivity contribution in [2.75, 3.05) is 19.6 Å². The van der Waals surface area contributed by atoms with Gasteiger partial charge in [-0.3, -0.25) is 14.4 Å². The van der Waals surface area contributed by atoms with Gasteiger partial charge < -0.3 is 31.4 Å². The van der Waals surface area contributed by atoms with Gasteiger partial charge in [0.05, 0.1) is 0 Å². The largest absolute Gasteiger partial charge is 0.480 e. The highest BCUT2D eigenvalue weighted by Crippen LogP contribution is 2.22. The standard InChI is InChI=1S/C30H36FN5O5/c31-22-10-8-20(9-11-22)29(39)36-15-12-19(13-16-36)27(37)35-26(17-21-18-33-24-6-2-1-5-23(21)24)28(38)34-25(30(40)41)7-3-4-14-32/h1-2,5-6,8-11,18-19,25-26,33H,3-4,7,12-17,32H2,(H,34,38)(H,35,37)(H,40,41). The number of carbonyl (C=O) groups excluding carboxylic acids is 3. The molecule has 0 bridgehead atoms. The van der Waals surface area contributed by atoms with Crippen molar-refractivity contribution in [1.82, 2.24) is 20.5 Å². The molecule has 0 spiro atoms. The zero-order chi connectivity index (χ0) is 29.4. The molecule has 41 heavy (non-hydrogen) atoms. The lowest BCUT2D eigenvalue weighted by Gasteiger charge is -2.32. The number of carbonyl (C=O) groups is 4. The van der Waals surface area contributed by atoms with E-state index < -0.39 is 35.7 Å². The summed E-state index contributed by atoms with van der Waals surface area (Å²) < 4.78 is 13.2. The Morgan fingerprint density at radius 1 is 1.00 bits per heavy atom. The molecule has 1 aliphatic heterocycles. The van der Waals surface area contributed by atoms with Crippen molar-refractivity contribution in [2.24, 2.45) is 11.7 Å². The number of unbranched alkanes of at least 4 members (excludes halogenated alkanes) is 1. The molecule has 2 unspecified atom stereocenters. The predicted molar refractivity (Wildman–Crippen MR) is 151 cm³/mol. The third-order valence-electron chi connectivity index (χ3n) is 7.54. The van der Waals surface area contributed by atoms with E-state index >= 15 is 0 Å². The molecular weight excluding hydrogens is 529 g/mol. The lowest BCUT2D eigenvalue weighted by atomic mass is 9.94.